The molecule has 0 heterocycles. The smallest absolute Gasteiger partial charge is 0.326 e. The molecule has 0 aliphatic rings. The third-order valence-electron chi connectivity index (χ3n) is 2.75. The van der Waals surface area contributed by atoms with E-state index in [1.807, 2.05) is 0 Å². The van der Waals surface area contributed by atoms with Crippen LogP contribution in [0.15, 0.2) is 30.3 Å². The minimum Gasteiger partial charge on any atom is -0.480 e. The lowest BCUT2D eigenvalue weighted by Crippen LogP contribution is -2.45. The second-order valence-electron chi connectivity index (χ2n) is 4.41. The van der Waals surface area contributed by atoms with E-state index in [1.165, 1.54) is 7.05 Å². The van der Waals surface area contributed by atoms with Crippen molar-refractivity contribution in [1.82, 2.24) is 9.03 Å². The Labute approximate surface area is 113 Å². The average Bonchev–Trinajstić information content (AvgIpc) is 2.35. The van der Waals surface area contributed by atoms with Crippen molar-refractivity contribution in [2.24, 2.45) is 0 Å². The zero-order chi connectivity index (χ0) is 14.6. The lowest BCUT2D eigenvalue weighted by atomic mass is 10.1. The molecule has 6 nitrogen and oxygen atoms in total. The summed E-state index contributed by atoms with van der Waals surface area (Å²) in [5, 5.41) is 9.16. The van der Waals surface area contributed by atoms with Gasteiger partial charge in [-0.05, 0) is 19.4 Å². The van der Waals surface area contributed by atoms with Crippen molar-refractivity contribution < 1.29 is 18.3 Å². The minimum atomic E-state index is -3.85. The molecule has 106 valence electrons. The zero-order valence-electron chi connectivity index (χ0n) is 11.1. The molecular formula is C12H18N2O4S. The average molecular weight is 286 g/mol. The molecule has 2 N–H and O–H groups in total. The first-order chi connectivity index (χ1) is 8.75. The van der Waals surface area contributed by atoms with Crippen molar-refractivity contribution in [3.8, 4) is 0 Å². The zero-order valence-corrected chi connectivity index (χ0v) is 11.9. The van der Waals surface area contributed by atoms with E-state index >= 15 is 0 Å². The Morgan fingerprint density at radius 3 is 2.21 bits per heavy atom. The molecule has 0 radical (unpaired) electrons. The van der Waals surface area contributed by atoms with Gasteiger partial charge in [0.2, 0.25) is 0 Å². The summed E-state index contributed by atoms with van der Waals surface area (Å²) >= 11 is 0. The van der Waals surface area contributed by atoms with E-state index in [9.17, 15) is 13.2 Å². The summed E-state index contributed by atoms with van der Waals surface area (Å²) < 4.78 is 27.3. The maximum absolute atomic E-state index is 12.0. The minimum absolute atomic E-state index is 0.261. The molecule has 0 bridgehead atoms. The molecule has 0 fully saturated rings. The van der Waals surface area contributed by atoms with Gasteiger partial charge in [-0.15, -0.1) is 0 Å². The van der Waals surface area contributed by atoms with Gasteiger partial charge in [-0.3, -0.25) is 4.79 Å². The summed E-state index contributed by atoms with van der Waals surface area (Å²) in [6, 6.07) is 6.62. The Balaban J connectivity index is 3.02. The highest BCUT2D eigenvalue weighted by Crippen LogP contribution is 2.15. The third-order valence-corrected chi connectivity index (χ3v) is 4.47. The van der Waals surface area contributed by atoms with Crippen LogP contribution in [0.1, 0.15) is 25.5 Å². The highest BCUT2D eigenvalue weighted by molar-refractivity contribution is 7.87. The number of carboxylic acid groups (broad SMARTS) is 1. The van der Waals surface area contributed by atoms with E-state index in [1.54, 1.807) is 44.2 Å². The number of hydrogen-bond acceptors (Lipinski definition) is 3. The summed E-state index contributed by atoms with van der Waals surface area (Å²) in [7, 11) is -2.45. The Bertz CT molecular complexity index is 528. The topological polar surface area (TPSA) is 86.7 Å². The van der Waals surface area contributed by atoms with Crippen molar-refractivity contribution in [1.29, 1.82) is 0 Å². The highest BCUT2D eigenvalue weighted by atomic mass is 32.2. The molecule has 0 saturated carbocycles. The Hall–Kier alpha value is -1.44. The van der Waals surface area contributed by atoms with E-state index in [2.05, 4.69) is 4.72 Å². The van der Waals surface area contributed by atoms with Crippen molar-refractivity contribution >= 4 is 16.2 Å². The number of nitrogens with one attached hydrogen (secondary N) is 1. The fourth-order valence-electron chi connectivity index (χ4n) is 1.42. The van der Waals surface area contributed by atoms with Gasteiger partial charge in [-0.25, -0.2) is 0 Å². The fraction of sp³-hybridized carbons (Fsp3) is 0.417. The molecule has 0 unspecified atom stereocenters. The van der Waals surface area contributed by atoms with Crippen molar-refractivity contribution in [3.63, 3.8) is 0 Å². The highest BCUT2D eigenvalue weighted by Gasteiger charge is 2.29. The fourth-order valence-corrected chi connectivity index (χ4v) is 2.67. The third kappa shape index (κ3) is 4.02. The van der Waals surface area contributed by atoms with E-state index in [0.717, 1.165) is 4.31 Å². The van der Waals surface area contributed by atoms with Crippen LogP contribution in [0, 0.1) is 0 Å². The predicted octanol–water partition coefficient (Wildman–Crippen LogP) is 0.987. The molecule has 0 spiro atoms. The lowest BCUT2D eigenvalue weighted by molar-refractivity contribution is -0.139. The van der Waals surface area contributed by atoms with Crippen LogP contribution >= 0.6 is 0 Å². The standard InChI is InChI=1S/C12H18N2O4S/c1-9(2)14(3)19(17,18)13-11(12(15)16)10-7-5-4-6-8-10/h4-9,11,13H,1-3H3,(H,15,16)/t11-/m1/s1. The second kappa shape index (κ2) is 6.14. The molecule has 1 atom stereocenters. The van der Waals surface area contributed by atoms with Crippen LogP contribution in [0.4, 0.5) is 0 Å². The van der Waals surface area contributed by atoms with Gasteiger partial charge in [-0.2, -0.15) is 17.4 Å². The lowest BCUT2D eigenvalue weighted by Gasteiger charge is -2.24. The first kappa shape index (κ1) is 15.6. The van der Waals surface area contributed by atoms with Crippen molar-refractivity contribution in [2.75, 3.05) is 7.05 Å². The van der Waals surface area contributed by atoms with Gasteiger partial charge in [0, 0.05) is 13.1 Å². The molecule has 1 rings (SSSR count). The summed E-state index contributed by atoms with van der Waals surface area (Å²) in [5.41, 5.74) is 0.385. The first-order valence-corrected chi connectivity index (χ1v) is 7.22. The maximum Gasteiger partial charge on any atom is 0.326 e. The van der Waals surface area contributed by atoms with Crippen LogP contribution < -0.4 is 4.72 Å². The molecule has 1 aromatic carbocycles. The van der Waals surface area contributed by atoms with E-state index in [0.29, 0.717) is 5.56 Å². The predicted molar refractivity (Wildman–Crippen MR) is 71.8 cm³/mol. The van der Waals surface area contributed by atoms with Crippen LogP contribution in [-0.2, 0) is 15.0 Å². The number of benzene rings is 1. The molecule has 1 aromatic rings. The summed E-state index contributed by atoms with van der Waals surface area (Å²) in [6.07, 6.45) is 0. The van der Waals surface area contributed by atoms with Gasteiger partial charge in [0.05, 0.1) is 0 Å². The monoisotopic (exact) mass is 286 g/mol. The maximum atomic E-state index is 12.0. The van der Waals surface area contributed by atoms with Gasteiger partial charge in [0.1, 0.15) is 6.04 Å². The number of carboxylic acids is 1. The molecule has 0 saturated heterocycles. The van der Waals surface area contributed by atoms with Gasteiger partial charge in [0.25, 0.3) is 10.2 Å². The number of aliphatic carboxylic acids is 1. The quantitative estimate of drug-likeness (QED) is 0.816. The van der Waals surface area contributed by atoms with Gasteiger partial charge >= 0.3 is 5.97 Å². The van der Waals surface area contributed by atoms with Crippen LogP contribution in [0.5, 0.6) is 0 Å². The molecule has 19 heavy (non-hydrogen) atoms. The molecule has 0 aliphatic carbocycles. The molecule has 0 amide bonds. The van der Waals surface area contributed by atoms with E-state index in [4.69, 9.17) is 5.11 Å². The Kier molecular flexibility index (Phi) is 5.04. The number of rotatable bonds is 6. The summed E-state index contributed by atoms with van der Waals surface area (Å²) in [5.74, 6) is -1.24. The number of carbonyl (C=O) groups is 1. The normalized spacial score (nSPS) is 13.7. The number of hydrogen-bond donors (Lipinski definition) is 2. The molecule has 7 heteroatoms. The van der Waals surface area contributed by atoms with Crippen LogP contribution in [-0.4, -0.2) is 36.9 Å². The first-order valence-electron chi connectivity index (χ1n) is 5.78. The van der Waals surface area contributed by atoms with Crippen LogP contribution in [0.25, 0.3) is 0 Å². The van der Waals surface area contributed by atoms with Crippen molar-refractivity contribution in [2.45, 2.75) is 25.9 Å². The molecular weight excluding hydrogens is 268 g/mol. The molecule has 0 aromatic heterocycles. The largest absolute Gasteiger partial charge is 0.480 e. The van der Waals surface area contributed by atoms with E-state index < -0.39 is 22.2 Å². The van der Waals surface area contributed by atoms with Gasteiger partial charge in [-0.1, -0.05) is 30.3 Å². The second-order valence-corrected chi connectivity index (χ2v) is 6.18. The van der Waals surface area contributed by atoms with Crippen LogP contribution in [0.3, 0.4) is 0 Å². The van der Waals surface area contributed by atoms with E-state index in [-0.39, 0.29) is 6.04 Å². The van der Waals surface area contributed by atoms with Gasteiger partial charge in [0.15, 0.2) is 0 Å². The Morgan fingerprint density at radius 1 is 1.26 bits per heavy atom. The van der Waals surface area contributed by atoms with Gasteiger partial charge < -0.3 is 5.11 Å². The molecule has 0 aliphatic heterocycles. The van der Waals surface area contributed by atoms with Crippen LogP contribution in [0.2, 0.25) is 0 Å². The summed E-state index contributed by atoms with van der Waals surface area (Å²) in [6.45, 7) is 3.41. The summed E-state index contributed by atoms with van der Waals surface area (Å²) in [4.78, 5) is 11.2. The SMILES string of the molecule is CC(C)N(C)S(=O)(=O)N[C@@H](C(=O)O)c1ccccc1. The van der Waals surface area contributed by atoms with Crippen molar-refractivity contribution in [3.05, 3.63) is 35.9 Å². The Morgan fingerprint density at radius 2 is 1.79 bits per heavy atom. The number of nitrogens with zero attached hydrogens (tertiary/aromatic N) is 1.